The molecule has 31 heavy (non-hydrogen) atoms. The van der Waals surface area contributed by atoms with Crippen LogP contribution in [0, 0.1) is 0 Å². The van der Waals surface area contributed by atoms with E-state index in [2.05, 4.69) is 60.7 Å². The van der Waals surface area contributed by atoms with E-state index in [-0.39, 0.29) is 0 Å². The van der Waals surface area contributed by atoms with Crippen LogP contribution in [-0.4, -0.2) is 9.97 Å². The van der Waals surface area contributed by atoms with Crippen molar-refractivity contribution < 1.29 is 0 Å². The highest BCUT2D eigenvalue weighted by Gasteiger charge is 2.12. The maximum atomic E-state index is 6.21. The molecular formula is C28H21ClN2. The summed E-state index contributed by atoms with van der Waals surface area (Å²) >= 11 is 6.21. The summed E-state index contributed by atoms with van der Waals surface area (Å²) in [5.41, 5.74) is 7.26. The Hall–Kier alpha value is -3.49. The highest BCUT2D eigenvalue weighted by molar-refractivity contribution is 6.30. The Balaban J connectivity index is 1.64. The van der Waals surface area contributed by atoms with E-state index < -0.39 is 0 Å². The molecule has 2 nitrogen and oxygen atoms in total. The number of halogens is 1. The van der Waals surface area contributed by atoms with Crippen LogP contribution in [0.2, 0.25) is 5.02 Å². The van der Waals surface area contributed by atoms with E-state index in [4.69, 9.17) is 21.6 Å². The zero-order valence-electron chi connectivity index (χ0n) is 17.0. The van der Waals surface area contributed by atoms with Crippen LogP contribution in [0.1, 0.15) is 18.5 Å². The second-order valence-corrected chi connectivity index (χ2v) is 7.99. The Kier molecular flexibility index (Phi) is 5.47. The third-order valence-corrected chi connectivity index (χ3v) is 5.60. The molecule has 0 amide bonds. The molecule has 3 aromatic carbocycles. The highest BCUT2D eigenvalue weighted by atomic mass is 35.5. The van der Waals surface area contributed by atoms with Gasteiger partial charge < -0.3 is 0 Å². The van der Waals surface area contributed by atoms with Crippen molar-refractivity contribution >= 4 is 17.2 Å². The van der Waals surface area contributed by atoms with Crippen molar-refractivity contribution in [1.29, 1.82) is 0 Å². The number of aromatic nitrogens is 2. The lowest BCUT2D eigenvalue weighted by Crippen LogP contribution is -1.99. The van der Waals surface area contributed by atoms with Gasteiger partial charge in [0, 0.05) is 16.1 Å². The van der Waals surface area contributed by atoms with Crippen molar-refractivity contribution in [2.75, 3.05) is 0 Å². The van der Waals surface area contributed by atoms with Crippen LogP contribution in [0.25, 0.3) is 39.3 Å². The van der Waals surface area contributed by atoms with Crippen LogP contribution in [0.4, 0.5) is 0 Å². The summed E-state index contributed by atoms with van der Waals surface area (Å²) in [6, 6.07) is 28.6. The molecule has 1 aliphatic rings. The Bertz CT molecular complexity index is 1290. The number of hydrogen-bond acceptors (Lipinski definition) is 2. The van der Waals surface area contributed by atoms with Gasteiger partial charge >= 0.3 is 0 Å². The van der Waals surface area contributed by atoms with Crippen LogP contribution < -0.4 is 0 Å². The molecule has 1 aromatic heterocycles. The van der Waals surface area contributed by atoms with Crippen LogP contribution in [0.3, 0.4) is 0 Å². The molecule has 5 rings (SSSR count). The third kappa shape index (κ3) is 4.35. The molecule has 4 aromatic rings. The van der Waals surface area contributed by atoms with Gasteiger partial charge in [-0.15, -0.1) is 0 Å². The smallest absolute Gasteiger partial charge is 0.160 e. The van der Waals surface area contributed by atoms with Crippen LogP contribution in [0.5, 0.6) is 0 Å². The van der Waals surface area contributed by atoms with Crippen molar-refractivity contribution in [2.45, 2.75) is 12.8 Å². The van der Waals surface area contributed by atoms with Crippen molar-refractivity contribution in [3.63, 3.8) is 0 Å². The summed E-state index contributed by atoms with van der Waals surface area (Å²) < 4.78 is 0. The van der Waals surface area contributed by atoms with Gasteiger partial charge in [0.05, 0.1) is 11.4 Å². The van der Waals surface area contributed by atoms with E-state index in [1.54, 1.807) is 0 Å². The maximum Gasteiger partial charge on any atom is 0.160 e. The fourth-order valence-electron chi connectivity index (χ4n) is 3.79. The standard InChI is InChI=1S/C28H21ClN2/c29-25-16-8-14-23(18-25)22-13-7-15-24(17-22)28-30-26(20-9-3-1-4-10-20)19-27(31-28)21-11-5-2-6-12-21/h1,3-5,7-19H,2,6H2. The van der Waals surface area contributed by atoms with E-state index in [0.29, 0.717) is 0 Å². The van der Waals surface area contributed by atoms with Gasteiger partial charge in [0.1, 0.15) is 0 Å². The van der Waals surface area contributed by atoms with Gasteiger partial charge in [0.2, 0.25) is 0 Å². The summed E-state index contributed by atoms with van der Waals surface area (Å²) in [7, 11) is 0. The fourth-order valence-corrected chi connectivity index (χ4v) is 3.98. The molecule has 0 saturated carbocycles. The summed E-state index contributed by atoms with van der Waals surface area (Å²) in [6.07, 6.45) is 8.74. The SMILES string of the molecule is Clc1cccc(-c2cccc(-c3nc(C4=CCCC=C4)cc(-c4ccccc4)n3)c2)c1. The lowest BCUT2D eigenvalue weighted by molar-refractivity contribution is 1.03. The van der Waals surface area contributed by atoms with E-state index >= 15 is 0 Å². The molecule has 0 N–H and O–H groups in total. The zero-order chi connectivity index (χ0) is 21.0. The van der Waals surface area contributed by atoms with Gasteiger partial charge in [0.25, 0.3) is 0 Å². The first-order chi connectivity index (χ1) is 15.3. The Morgan fingerprint density at radius 3 is 2.10 bits per heavy atom. The predicted octanol–water partition coefficient (Wildman–Crippen LogP) is 7.86. The molecule has 0 aliphatic heterocycles. The van der Waals surface area contributed by atoms with Gasteiger partial charge in [-0.1, -0.05) is 90.5 Å². The first kappa shape index (κ1) is 19.5. The average Bonchev–Trinajstić information content (AvgIpc) is 2.85. The van der Waals surface area contributed by atoms with Crippen molar-refractivity contribution in [1.82, 2.24) is 9.97 Å². The second kappa shape index (κ2) is 8.71. The molecular weight excluding hydrogens is 400 g/mol. The average molecular weight is 421 g/mol. The zero-order valence-corrected chi connectivity index (χ0v) is 17.8. The Morgan fingerprint density at radius 1 is 0.613 bits per heavy atom. The molecule has 1 heterocycles. The van der Waals surface area contributed by atoms with Crippen molar-refractivity contribution in [3.05, 3.63) is 114 Å². The lowest BCUT2D eigenvalue weighted by Gasteiger charge is -2.12. The van der Waals surface area contributed by atoms with Crippen LogP contribution in [0.15, 0.2) is 103 Å². The predicted molar refractivity (Wildman–Crippen MR) is 130 cm³/mol. The third-order valence-electron chi connectivity index (χ3n) is 5.37. The van der Waals surface area contributed by atoms with Gasteiger partial charge in [-0.2, -0.15) is 0 Å². The number of benzene rings is 3. The van der Waals surface area contributed by atoms with Gasteiger partial charge in [-0.05, 0) is 53.8 Å². The minimum Gasteiger partial charge on any atom is -0.228 e. The quantitative estimate of drug-likeness (QED) is 0.335. The fraction of sp³-hybridized carbons (Fsp3) is 0.0714. The molecule has 0 unspecified atom stereocenters. The number of allylic oxidation sites excluding steroid dienone is 4. The van der Waals surface area contributed by atoms with Crippen LogP contribution >= 0.6 is 11.6 Å². The van der Waals surface area contributed by atoms with Crippen molar-refractivity contribution in [2.24, 2.45) is 0 Å². The summed E-state index contributed by atoms with van der Waals surface area (Å²) in [4.78, 5) is 9.88. The Labute approximate surface area is 187 Å². The molecule has 0 fully saturated rings. The van der Waals surface area contributed by atoms with Gasteiger partial charge in [0.15, 0.2) is 5.82 Å². The van der Waals surface area contributed by atoms with E-state index in [0.717, 1.165) is 62.9 Å². The second-order valence-electron chi connectivity index (χ2n) is 7.56. The monoisotopic (exact) mass is 420 g/mol. The number of nitrogens with zero attached hydrogens (tertiary/aromatic N) is 2. The topological polar surface area (TPSA) is 25.8 Å². The number of hydrogen-bond donors (Lipinski definition) is 0. The first-order valence-electron chi connectivity index (χ1n) is 10.4. The molecule has 3 heteroatoms. The summed E-state index contributed by atoms with van der Waals surface area (Å²) in [5, 5.41) is 0.725. The molecule has 0 radical (unpaired) electrons. The normalized spacial score (nSPS) is 13.1. The number of rotatable bonds is 4. The minimum absolute atomic E-state index is 0.722. The molecule has 0 saturated heterocycles. The van der Waals surface area contributed by atoms with E-state index in [1.807, 2.05) is 42.5 Å². The molecule has 150 valence electrons. The van der Waals surface area contributed by atoms with Crippen LogP contribution in [-0.2, 0) is 0 Å². The highest BCUT2D eigenvalue weighted by Crippen LogP contribution is 2.30. The van der Waals surface area contributed by atoms with Gasteiger partial charge in [-0.3, -0.25) is 0 Å². The molecule has 0 bridgehead atoms. The summed E-state index contributed by atoms with van der Waals surface area (Å²) in [5.74, 6) is 0.722. The Morgan fingerprint density at radius 2 is 1.32 bits per heavy atom. The molecule has 1 aliphatic carbocycles. The lowest BCUT2D eigenvalue weighted by atomic mass is 10.0. The van der Waals surface area contributed by atoms with Crippen molar-refractivity contribution in [3.8, 4) is 33.8 Å². The van der Waals surface area contributed by atoms with E-state index in [9.17, 15) is 0 Å². The largest absolute Gasteiger partial charge is 0.228 e. The molecule has 0 atom stereocenters. The minimum atomic E-state index is 0.722. The van der Waals surface area contributed by atoms with E-state index in [1.165, 1.54) is 0 Å². The summed E-state index contributed by atoms with van der Waals surface area (Å²) in [6.45, 7) is 0. The van der Waals surface area contributed by atoms with Gasteiger partial charge in [-0.25, -0.2) is 9.97 Å². The maximum absolute atomic E-state index is 6.21. The first-order valence-corrected chi connectivity index (χ1v) is 10.8. The molecule has 0 spiro atoms.